The fourth-order valence-electron chi connectivity index (χ4n) is 0.977. The van der Waals surface area contributed by atoms with Gasteiger partial charge in [-0.2, -0.15) is 5.10 Å². The predicted octanol–water partition coefficient (Wildman–Crippen LogP) is 0.280. The lowest BCUT2D eigenvalue weighted by molar-refractivity contribution is 0.368. The molecule has 0 bridgehead atoms. The van der Waals surface area contributed by atoms with Crippen molar-refractivity contribution in [3.8, 4) is 0 Å². The van der Waals surface area contributed by atoms with Gasteiger partial charge in [-0.3, -0.25) is 4.79 Å². The van der Waals surface area contributed by atoms with Crippen LogP contribution in [0.1, 0.15) is 5.76 Å². The average molecular weight is 177 g/mol. The summed E-state index contributed by atoms with van der Waals surface area (Å²) in [5.41, 5.74) is -0.154. The lowest BCUT2D eigenvalue weighted by Gasteiger charge is -1.97. The molecule has 0 fully saturated rings. The monoisotopic (exact) mass is 177 g/mol. The third kappa shape index (κ3) is 1.64. The Morgan fingerprint density at radius 2 is 2.31 bits per heavy atom. The Morgan fingerprint density at radius 1 is 1.38 bits per heavy atom. The molecule has 0 unspecified atom stereocenters. The molecule has 5 nitrogen and oxygen atoms in total. The van der Waals surface area contributed by atoms with Gasteiger partial charge in [0, 0.05) is 18.3 Å². The zero-order chi connectivity index (χ0) is 9.10. The first-order chi connectivity index (χ1) is 6.36. The van der Waals surface area contributed by atoms with Gasteiger partial charge in [-0.15, -0.1) is 0 Å². The summed E-state index contributed by atoms with van der Waals surface area (Å²) >= 11 is 0. The van der Waals surface area contributed by atoms with Crippen LogP contribution in [0.5, 0.6) is 0 Å². The molecule has 0 saturated heterocycles. The SMILES string of the molecule is O=c1cccnn1Cc1ccno1. The van der Waals surface area contributed by atoms with E-state index in [9.17, 15) is 4.79 Å². The molecule has 2 aromatic heterocycles. The van der Waals surface area contributed by atoms with Gasteiger partial charge in [0.15, 0.2) is 5.76 Å². The second-order valence-corrected chi connectivity index (χ2v) is 2.50. The molecule has 0 amide bonds. The van der Waals surface area contributed by atoms with Gasteiger partial charge in [0.05, 0.1) is 6.20 Å². The molecular formula is C8H7N3O2. The Kier molecular flexibility index (Phi) is 1.91. The van der Waals surface area contributed by atoms with Crippen LogP contribution in [0.2, 0.25) is 0 Å². The molecule has 0 radical (unpaired) electrons. The van der Waals surface area contributed by atoms with Crippen molar-refractivity contribution in [3.05, 3.63) is 46.7 Å². The number of nitrogens with zero attached hydrogens (tertiary/aromatic N) is 3. The first-order valence-electron chi connectivity index (χ1n) is 3.78. The first-order valence-corrected chi connectivity index (χ1v) is 3.78. The van der Waals surface area contributed by atoms with Crippen LogP contribution in [0.25, 0.3) is 0 Å². The summed E-state index contributed by atoms with van der Waals surface area (Å²) < 4.78 is 6.15. The van der Waals surface area contributed by atoms with Crippen LogP contribution in [-0.4, -0.2) is 14.9 Å². The fourth-order valence-corrected chi connectivity index (χ4v) is 0.977. The Labute approximate surface area is 73.6 Å². The van der Waals surface area contributed by atoms with Crippen LogP contribution in [-0.2, 0) is 6.54 Å². The Hall–Kier alpha value is -1.91. The van der Waals surface area contributed by atoms with Crippen LogP contribution in [0.3, 0.4) is 0 Å². The third-order valence-electron chi connectivity index (χ3n) is 1.58. The van der Waals surface area contributed by atoms with Gasteiger partial charge >= 0.3 is 0 Å². The van der Waals surface area contributed by atoms with Gasteiger partial charge in [-0.1, -0.05) is 5.16 Å². The molecular weight excluding hydrogens is 170 g/mol. The molecule has 13 heavy (non-hydrogen) atoms. The highest BCUT2D eigenvalue weighted by Crippen LogP contribution is 1.96. The molecule has 5 heteroatoms. The Balaban J connectivity index is 2.29. The zero-order valence-corrected chi connectivity index (χ0v) is 6.75. The highest BCUT2D eigenvalue weighted by Gasteiger charge is 2.00. The summed E-state index contributed by atoms with van der Waals surface area (Å²) in [5, 5.41) is 7.40. The normalized spacial score (nSPS) is 10.2. The molecule has 0 aromatic carbocycles. The summed E-state index contributed by atoms with van der Waals surface area (Å²) in [4.78, 5) is 11.2. The molecule has 0 saturated carbocycles. The van der Waals surface area contributed by atoms with Crippen molar-refractivity contribution in [2.75, 3.05) is 0 Å². The minimum absolute atomic E-state index is 0.154. The van der Waals surface area contributed by atoms with E-state index < -0.39 is 0 Å². The first kappa shape index (κ1) is 7.72. The lowest BCUT2D eigenvalue weighted by atomic mass is 10.4. The highest BCUT2D eigenvalue weighted by molar-refractivity contribution is 4.94. The predicted molar refractivity (Wildman–Crippen MR) is 44.1 cm³/mol. The third-order valence-corrected chi connectivity index (χ3v) is 1.58. The maximum absolute atomic E-state index is 11.2. The van der Waals surface area contributed by atoms with Crippen LogP contribution < -0.4 is 5.56 Å². The van der Waals surface area contributed by atoms with E-state index >= 15 is 0 Å². The van der Waals surface area contributed by atoms with Crippen LogP contribution in [0.4, 0.5) is 0 Å². The van der Waals surface area contributed by atoms with Crippen molar-refractivity contribution in [1.29, 1.82) is 0 Å². The van der Waals surface area contributed by atoms with E-state index in [1.165, 1.54) is 16.9 Å². The summed E-state index contributed by atoms with van der Waals surface area (Å²) in [7, 11) is 0. The van der Waals surface area contributed by atoms with Crippen molar-refractivity contribution in [2.45, 2.75) is 6.54 Å². The topological polar surface area (TPSA) is 60.9 Å². The fraction of sp³-hybridized carbons (Fsp3) is 0.125. The standard InChI is InChI=1S/C8H7N3O2/c12-8-2-1-4-9-11(8)6-7-3-5-10-13-7/h1-5H,6H2. The maximum atomic E-state index is 11.2. The largest absolute Gasteiger partial charge is 0.359 e. The molecule has 0 spiro atoms. The molecule has 0 N–H and O–H groups in total. The van der Waals surface area contributed by atoms with E-state index in [0.717, 1.165) is 0 Å². The molecule has 2 rings (SSSR count). The van der Waals surface area contributed by atoms with Gasteiger partial charge < -0.3 is 4.52 Å². The Morgan fingerprint density at radius 3 is 3.00 bits per heavy atom. The van der Waals surface area contributed by atoms with E-state index in [0.29, 0.717) is 12.3 Å². The molecule has 0 atom stereocenters. The number of rotatable bonds is 2. The summed E-state index contributed by atoms with van der Waals surface area (Å²) in [6.45, 7) is 0.319. The second kappa shape index (κ2) is 3.22. The van der Waals surface area contributed by atoms with Crippen LogP contribution in [0, 0.1) is 0 Å². The lowest BCUT2D eigenvalue weighted by Crippen LogP contribution is -2.21. The molecule has 0 aliphatic carbocycles. The van der Waals surface area contributed by atoms with E-state index in [-0.39, 0.29) is 5.56 Å². The van der Waals surface area contributed by atoms with Crippen molar-refractivity contribution in [2.24, 2.45) is 0 Å². The van der Waals surface area contributed by atoms with E-state index in [4.69, 9.17) is 4.52 Å². The summed E-state index contributed by atoms with van der Waals surface area (Å²) in [5.74, 6) is 0.612. The van der Waals surface area contributed by atoms with Crippen molar-refractivity contribution < 1.29 is 4.52 Å². The van der Waals surface area contributed by atoms with Crippen LogP contribution in [0.15, 0.2) is 39.9 Å². The minimum Gasteiger partial charge on any atom is -0.359 e. The van der Waals surface area contributed by atoms with E-state index in [1.54, 1.807) is 18.3 Å². The van der Waals surface area contributed by atoms with Gasteiger partial charge in [0.25, 0.3) is 5.56 Å². The number of hydrogen-bond acceptors (Lipinski definition) is 4. The summed E-state index contributed by atoms with van der Waals surface area (Å²) in [6.07, 6.45) is 3.08. The Bertz CT molecular complexity index is 433. The maximum Gasteiger partial charge on any atom is 0.267 e. The summed E-state index contributed by atoms with van der Waals surface area (Å²) in [6, 6.07) is 4.74. The molecule has 2 heterocycles. The number of aromatic nitrogens is 3. The molecule has 0 aliphatic heterocycles. The van der Waals surface area contributed by atoms with Crippen LogP contribution >= 0.6 is 0 Å². The molecule has 0 aliphatic rings. The minimum atomic E-state index is -0.154. The molecule has 66 valence electrons. The quantitative estimate of drug-likeness (QED) is 0.661. The van der Waals surface area contributed by atoms with Crippen molar-refractivity contribution in [1.82, 2.24) is 14.9 Å². The van der Waals surface area contributed by atoms with Gasteiger partial charge in [-0.05, 0) is 6.07 Å². The second-order valence-electron chi connectivity index (χ2n) is 2.50. The van der Waals surface area contributed by atoms with E-state index in [1.807, 2.05) is 0 Å². The highest BCUT2D eigenvalue weighted by atomic mass is 16.5. The van der Waals surface area contributed by atoms with E-state index in [2.05, 4.69) is 10.3 Å². The zero-order valence-electron chi connectivity index (χ0n) is 6.75. The van der Waals surface area contributed by atoms with Crippen molar-refractivity contribution in [3.63, 3.8) is 0 Å². The smallest absolute Gasteiger partial charge is 0.267 e. The van der Waals surface area contributed by atoms with Gasteiger partial charge in [-0.25, -0.2) is 4.68 Å². The van der Waals surface area contributed by atoms with Gasteiger partial charge in [0.2, 0.25) is 0 Å². The molecule has 2 aromatic rings. The van der Waals surface area contributed by atoms with Gasteiger partial charge in [0.1, 0.15) is 6.54 Å². The average Bonchev–Trinajstić information content (AvgIpc) is 2.61. The van der Waals surface area contributed by atoms with Crippen molar-refractivity contribution >= 4 is 0 Å². The number of hydrogen-bond donors (Lipinski definition) is 0.